The summed E-state index contributed by atoms with van der Waals surface area (Å²) >= 11 is 0. The van der Waals surface area contributed by atoms with E-state index in [0.717, 1.165) is 25.7 Å². The minimum absolute atomic E-state index is 0.708. The minimum Gasteiger partial charge on any atom is -0.378 e. The highest BCUT2D eigenvalue weighted by atomic mass is 16.5. The molecule has 0 aromatic heterocycles. The molecule has 0 unspecified atom stereocenters. The van der Waals surface area contributed by atoms with Crippen LogP contribution in [-0.2, 0) is 11.2 Å². The highest BCUT2D eigenvalue weighted by Gasteiger charge is 2.38. The summed E-state index contributed by atoms with van der Waals surface area (Å²) in [4.78, 5) is 5.09. The predicted octanol–water partition coefficient (Wildman–Crippen LogP) is 1.87. The van der Waals surface area contributed by atoms with E-state index in [-0.39, 0.29) is 0 Å². The zero-order chi connectivity index (χ0) is 12.8. The molecular weight excluding hydrogens is 236 g/mol. The number of ether oxygens (including phenoxy) is 1. The summed E-state index contributed by atoms with van der Waals surface area (Å²) in [6.45, 7) is 8.95. The Morgan fingerprint density at radius 1 is 1.26 bits per heavy atom. The summed E-state index contributed by atoms with van der Waals surface area (Å²) in [5, 5.41) is 0. The molecule has 0 atom stereocenters. The van der Waals surface area contributed by atoms with Crippen LogP contribution in [0.5, 0.6) is 0 Å². The van der Waals surface area contributed by atoms with Crippen molar-refractivity contribution in [2.45, 2.75) is 25.3 Å². The van der Waals surface area contributed by atoms with Crippen molar-refractivity contribution in [2.24, 2.45) is 0 Å². The van der Waals surface area contributed by atoms with Crippen LogP contribution in [0.25, 0.3) is 0 Å². The van der Waals surface area contributed by atoms with Gasteiger partial charge in [0, 0.05) is 37.8 Å². The SMILES string of the molecule is CCN1CCc2c(C3CN(C4COC4)C3)cccc21. The summed E-state index contributed by atoms with van der Waals surface area (Å²) < 4.78 is 5.29. The quantitative estimate of drug-likeness (QED) is 0.823. The fraction of sp³-hybridized carbons (Fsp3) is 0.625. The maximum absolute atomic E-state index is 5.29. The van der Waals surface area contributed by atoms with Crippen molar-refractivity contribution < 1.29 is 4.74 Å². The smallest absolute Gasteiger partial charge is 0.0645 e. The number of hydrogen-bond acceptors (Lipinski definition) is 3. The van der Waals surface area contributed by atoms with Gasteiger partial charge in [0.15, 0.2) is 0 Å². The third kappa shape index (κ3) is 1.79. The van der Waals surface area contributed by atoms with Gasteiger partial charge in [0.05, 0.1) is 19.3 Å². The number of nitrogens with zero attached hydrogens (tertiary/aromatic N) is 2. The second-order valence-corrected chi connectivity index (χ2v) is 6.02. The van der Waals surface area contributed by atoms with Gasteiger partial charge in [-0.05, 0) is 30.5 Å². The van der Waals surface area contributed by atoms with Crippen LogP contribution in [-0.4, -0.2) is 50.3 Å². The molecule has 4 rings (SSSR count). The first kappa shape index (κ1) is 11.7. The molecule has 1 aromatic rings. The van der Waals surface area contributed by atoms with Crippen molar-refractivity contribution in [1.29, 1.82) is 0 Å². The van der Waals surface area contributed by atoms with Crippen LogP contribution in [0.15, 0.2) is 18.2 Å². The Balaban J connectivity index is 1.52. The van der Waals surface area contributed by atoms with Gasteiger partial charge >= 0.3 is 0 Å². The Morgan fingerprint density at radius 2 is 2.11 bits per heavy atom. The molecule has 0 amide bonds. The molecule has 0 radical (unpaired) electrons. The summed E-state index contributed by atoms with van der Waals surface area (Å²) in [5.41, 5.74) is 4.73. The van der Waals surface area contributed by atoms with Gasteiger partial charge in [0.25, 0.3) is 0 Å². The predicted molar refractivity (Wildman–Crippen MR) is 77.0 cm³/mol. The molecule has 3 heterocycles. The van der Waals surface area contributed by atoms with Gasteiger partial charge in [-0.1, -0.05) is 12.1 Å². The number of likely N-dealkylation sites (N-methyl/N-ethyl adjacent to an activating group) is 1. The van der Waals surface area contributed by atoms with Crippen LogP contribution < -0.4 is 4.90 Å². The van der Waals surface area contributed by atoms with Gasteiger partial charge < -0.3 is 9.64 Å². The molecular formula is C16H22N2O. The van der Waals surface area contributed by atoms with E-state index in [2.05, 4.69) is 34.9 Å². The van der Waals surface area contributed by atoms with E-state index in [4.69, 9.17) is 4.74 Å². The molecule has 0 spiro atoms. The normalized spacial score (nSPS) is 24.2. The molecule has 2 fully saturated rings. The van der Waals surface area contributed by atoms with Gasteiger partial charge in [-0.15, -0.1) is 0 Å². The molecule has 0 aliphatic carbocycles. The Kier molecular flexibility index (Phi) is 2.78. The number of fused-ring (bicyclic) bond motifs is 1. The second kappa shape index (κ2) is 4.50. The van der Waals surface area contributed by atoms with Gasteiger partial charge in [0.1, 0.15) is 0 Å². The Bertz CT molecular complexity index is 478. The lowest BCUT2D eigenvalue weighted by molar-refractivity contribution is -0.0906. The molecule has 3 nitrogen and oxygen atoms in total. The third-order valence-corrected chi connectivity index (χ3v) is 5.03. The van der Waals surface area contributed by atoms with Crippen LogP contribution in [0.4, 0.5) is 5.69 Å². The molecule has 0 bridgehead atoms. The zero-order valence-electron chi connectivity index (χ0n) is 11.6. The van der Waals surface area contributed by atoms with Gasteiger partial charge in [-0.3, -0.25) is 4.90 Å². The lowest BCUT2D eigenvalue weighted by Crippen LogP contribution is -2.58. The first-order chi connectivity index (χ1) is 9.36. The molecule has 102 valence electrons. The van der Waals surface area contributed by atoms with Crippen LogP contribution in [0.3, 0.4) is 0 Å². The molecule has 1 aromatic carbocycles. The van der Waals surface area contributed by atoms with E-state index in [1.54, 1.807) is 11.1 Å². The number of hydrogen-bond donors (Lipinski definition) is 0. The van der Waals surface area contributed by atoms with Crippen LogP contribution in [0, 0.1) is 0 Å². The topological polar surface area (TPSA) is 15.7 Å². The zero-order valence-corrected chi connectivity index (χ0v) is 11.6. The summed E-state index contributed by atoms with van der Waals surface area (Å²) in [5.74, 6) is 0.757. The first-order valence-corrected chi connectivity index (χ1v) is 7.55. The summed E-state index contributed by atoms with van der Waals surface area (Å²) in [6, 6.07) is 7.61. The molecule has 3 aliphatic heterocycles. The van der Waals surface area contributed by atoms with Crippen molar-refractivity contribution in [3.63, 3.8) is 0 Å². The maximum Gasteiger partial charge on any atom is 0.0645 e. The number of benzene rings is 1. The van der Waals surface area contributed by atoms with Crippen LogP contribution >= 0.6 is 0 Å². The molecule has 3 aliphatic rings. The first-order valence-electron chi connectivity index (χ1n) is 7.55. The Morgan fingerprint density at radius 3 is 2.79 bits per heavy atom. The molecule has 19 heavy (non-hydrogen) atoms. The minimum atomic E-state index is 0.708. The lowest BCUT2D eigenvalue weighted by Gasteiger charge is -2.48. The van der Waals surface area contributed by atoms with E-state index < -0.39 is 0 Å². The second-order valence-electron chi connectivity index (χ2n) is 6.02. The highest BCUT2D eigenvalue weighted by molar-refractivity contribution is 5.61. The van der Waals surface area contributed by atoms with E-state index >= 15 is 0 Å². The number of anilines is 1. The highest BCUT2D eigenvalue weighted by Crippen LogP contribution is 2.38. The van der Waals surface area contributed by atoms with Gasteiger partial charge in [-0.25, -0.2) is 0 Å². The number of rotatable bonds is 3. The van der Waals surface area contributed by atoms with Crippen molar-refractivity contribution in [1.82, 2.24) is 4.90 Å². The summed E-state index contributed by atoms with van der Waals surface area (Å²) in [7, 11) is 0. The van der Waals surface area contributed by atoms with Crippen LogP contribution in [0.2, 0.25) is 0 Å². The van der Waals surface area contributed by atoms with E-state index in [1.807, 2.05) is 0 Å². The molecule has 0 N–H and O–H groups in total. The summed E-state index contributed by atoms with van der Waals surface area (Å²) in [6.07, 6.45) is 1.24. The lowest BCUT2D eigenvalue weighted by atomic mass is 9.86. The molecule has 3 heteroatoms. The van der Waals surface area contributed by atoms with Gasteiger partial charge in [0.2, 0.25) is 0 Å². The average Bonchev–Trinajstić information content (AvgIpc) is 2.73. The van der Waals surface area contributed by atoms with Crippen molar-refractivity contribution in [2.75, 3.05) is 44.3 Å². The van der Waals surface area contributed by atoms with E-state index in [1.165, 1.54) is 31.7 Å². The molecule has 2 saturated heterocycles. The fourth-order valence-corrected chi connectivity index (χ4v) is 3.68. The molecule has 0 saturated carbocycles. The monoisotopic (exact) mass is 258 g/mol. The van der Waals surface area contributed by atoms with E-state index in [0.29, 0.717) is 6.04 Å². The van der Waals surface area contributed by atoms with Crippen molar-refractivity contribution >= 4 is 5.69 Å². The third-order valence-electron chi connectivity index (χ3n) is 5.03. The van der Waals surface area contributed by atoms with Crippen LogP contribution in [0.1, 0.15) is 24.0 Å². The van der Waals surface area contributed by atoms with Crippen molar-refractivity contribution in [3.05, 3.63) is 29.3 Å². The van der Waals surface area contributed by atoms with Crippen molar-refractivity contribution in [3.8, 4) is 0 Å². The Hall–Kier alpha value is -1.06. The Labute approximate surface area is 115 Å². The maximum atomic E-state index is 5.29. The van der Waals surface area contributed by atoms with E-state index in [9.17, 15) is 0 Å². The number of likely N-dealkylation sites (tertiary alicyclic amines) is 1. The van der Waals surface area contributed by atoms with Gasteiger partial charge in [-0.2, -0.15) is 0 Å². The average molecular weight is 258 g/mol. The standard InChI is InChI=1S/C16H22N2O/c1-2-17-7-6-15-14(4-3-5-16(15)17)12-8-18(9-12)13-10-19-11-13/h3-5,12-13H,2,6-11H2,1H3. The fourth-order valence-electron chi connectivity index (χ4n) is 3.68. The largest absolute Gasteiger partial charge is 0.378 e.